The molecule has 0 bridgehead atoms. The molecular formula is C11H13ClO2. The third kappa shape index (κ3) is 1.86. The van der Waals surface area contributed by atoms with E-state index in [4.69, 9.17) is 21.1 Å². The SMILES string of the molecule is CCCc1cc(Cl)cc2c1OCOC2. The molecule has 0 aliphatic carbocycles. The zero-order valence-corrected chi connectivity index (χ0v) is 8.93. The maximum absolute atomic E-state index is 6.01. The van der Waals surface area contributed by atoms with Gasteiger partial charge >= 0.3 is 0 Å². The first-order chi connectivity index (χ1) is 6.81. The number of halogens is 1. The Balaban J connectivity index is 2.41. The molecule has 0 aromatic heterocycles. The number of fused-ring (bicyclic) bond motifs is 1. The summed E-state index contributed by atoms with van der Waals surface area (Å²) in [6.45, 7) is 3.10. The van der Waals surface area contributed by atoms with E-state index < -0.39 is 0 Å². The maximum Gasteiger partial charge on any atom is 0.189 e. The molecule has 0 amide bonds. The van der Waals surface area contributed by atoms with Gasteiger partial charge < -0.3 is 9.47 Å². The van der Waals surface area contributed by atoms with Crippen LogP contribution in [0.3, 0.4) is 0 Å². The molecule has 0 saturated carbocycles. The van der Waals surface area contributed by atoms with E-state index in [-0.39, 0.29) is 0 Å². The van der Waals surface area contributed by atoms with Crippen LogP contribution in [-0.4, -0.2) is 6.79 Å². The van der Waals surface area contributed by atoms with Crippen LogP contribution >= 0.6 is 11.6 Å². The quantitative estimate of drug-likeness (QED) is 0.750. The Bertz CT molecular complexity index is 336. The van der Waals surface area contributed by atoms with Crippen LogP contribution in [0.15, 0.2) is 12.1 Å². The minimum atomic E-state index is 0.353. The summed E-state index contributed by atoms with van der Waals surface area (Å²) >= 11 is 6.01. The average Bonchev–Trinajstić information content (AvgIpc) is 2.18. The van der Waals surface area contributed by atoms with E-state index in [1.165, 1.54) is 5.56 Å². The van der Waals surface area contributed by atoms with Crippen LogP contribution in [0.4, 0.5) is 0 Å². The smallest absolute Gasteiger partial charge is 0.189 e. The van der Waals surface area contributed by atoms with E-state index in [0.29, 0.717) is 13.4 Å². The molecule has 1 heterocycles. The van der Waals surface area contributed by atoms with Crippen LogP contribution in [0.2, 0.25) is 5.02 Å². The van der Waals surface area contributed by atoms with E-state index in [1.54, 1.807) is 0 Å². The van der Waals surface area contributed by atoms with Crippen LogP contribution in [0, 0.1) is 0 Å². The van der Waals surface area contributed by atoms with Crippen molar-refractivity contribution in [3.05, 3.63) is 28.3 Å². The summed E-state index contributed by atoms with van der Waals surface area (Å²) in [5, 5.41) is 0.765. The highest BCUT2D eigenvalue weighted by Crippen LogP contribution is 2.32. The van der Waals surface area contributed by atoms with E-state index in [1.807, 2.05) is 12.1 Å². The molecule has 0 radical (unpaired) electrons. The highest BCUT2D eigenvalue weighted by molar-refractivity contribution is 6.30. The molecule has 2 nitrogen and oxygen atoms in total. The van der Waals surface area contributed by atoms with E-state index in [2.05, 4.69) is 6.92 Å². The molecule has 14 heavy (non-hydrogen) atoms. The first kappa shape index (κ1) is 9.81. The molecule has 0 spiro atoms. The minimum absolute atomic E-state index is 0.353. The summed E-state index contributed by atoms with van der Waals surface area (Å²) in [7, 11) is 0. The van der Waals surface area contributed by atoms with Gasteiger partial charge in [-0.05, 0) is 24.1 Å². The van der Waals surface area contributed by atoms with Crippen molar-refractivity contribution >= 4 is 11.6 Å². The van der Waals surface area contributed by atoms with Crippen LogP contribution in [0.25, 0.3) is 0 Å². The third-order valence-corrected chi connectivity index (χ3v) is 2.49. The van der Waals surface area contributed by atoms with Gasteiger partial charge in [0.15, 0.2) is 6.79 Å². The fourth-order valence-corrected chi connectivity index (χ4v) is 1.98. The van der Waals surface area contributed by atoms with Crippen LogP contribution in [0.1, 0.15) is 24.5 Å². The Kier molecular flexibility index (Phi) is 2.94. The van der Waals surface area contributed by atoms with Crippen molar-refractivity contribution in [2.24, 2.45) is 0 Å². The first-order valence-electron chi connectivity index (χ1n) is 4.83. The van der Waals surface area contributed by atoms with Crippen molar-refractivity contribution in [2.75, 3.05) is 6.79 Å². The molecule has 0 fully saturated rings. The molecule has 2 rings (SSSR count). The molecule has 0 atom stereocenters. The van der Waals surface area contributed by atoms with Crippen molar-refractivity contribution in [3.8, 4) is 5.75 Å². The van der Waals surface area contributed by atoms with Crippen molar-refractivity contribution in [1.82, 2.24) is 0 Å². The minimum Gasteiger partial charge on any atom is -0.467 e. The van der Waals surface area contributed by atoms with Crippen LogP contribution in [-0.2, 0) is 17.8 Å². The molecule has 1 aromatic rings. The van der Waals surface area contributed by atoms with E-state index in [0.717, 1.165) is 29.2 Å². The van der Waals surface area contributed by atoms with Crippen LogP contribution < -0.4 is 4.74 Å². The zero-order chi connectivity index (χ0) is 9.97. The summed E-state index contributed by atoms with van der Waals surface area (Å²) in [5.41, 5.74) is 2.26. The van der Waals surface area contributed by atoms with Crippen molar-refractivity contribution in [2.45, 2.75) is 26.4 Å². The lowest BCUT2D eigenvalue weighted by molar-refractivity contribution is -0.0170. The topological polar surface area (TPSA) is 18.5 Å². The maximum atomic E-state index is 6.01. The fourth-order valence-electron chi connectivity index (χ4n) is 1.71. The Morgan fingerprint density at radius 3 is 3.07 bits per heavy atom. The zero-order valence-electron chi connectivity index (χ0n) is 8.18. The largest absolute Gasteiger partial charge is 0.467 e. The normalized spacial score (nSPS) is 14.7. The number of aryl methyl sites for hydroxylation is 1. The molecule has 1 aromatic carbocycles. The highest BCUT2D eigenvalue weighted by Gasteiger charge is 2.15. The predicted molar refractivity (Wildman–Crippen MR) is 55.7 cm³/mol. The number of rotatable bonds is 2. The van der Waals surface area contributed by atoms with Gasteiger partial charge in [0.2, 0.25) is 0 Å². The lowest BCUT2D eigenvalue weighted by Crippen LogP contribution is -2.13. The molecule has 0 N–H and O–H groups in total. The number of ether oxygens (including phenoxy) is 2. The highest BCUT2D eigenvalue weighted by atomic mass is 35.5. The molecule has 76 valence electrons. The lowest BCUT2D eigenvalue weighted by Gasteiger charge is -2.20. The second-order valence-corrected chi connectivity index (χ2v) is 3.85. The fraction of sp³-hybridized carbons (Fsp3) is 0.455. The second-order valence-electron chi connectivity index (χ2n) is 3.41. The predicted octanol–water partition coefficient (Wildman–Crippen LogP) is 3.16. The van der Waals surface area contributed by atoms with E-state index >= 15 is 0 Å². The van der Waals surface area contributed by atoms with Crippen molar-refractivity contribution < 1.29 is 9.47 Å². The van der Waals surface area contributed by atoms with Gasteiger partial charge in [-0.1, -0.05) is 24.9 Å². The summed E-state index contributed by atoms with van der Waals surface area (Å²) < 4.78 is 10.7. The molecule has 1 aliphatic heterocycles. The van der Waals surface area contributed by atoms with Crippen LogP contribution in [0.5, 0.6) is 5.75 Å². The van der Waals surface area contributed by atoms with Gasteiger partial charge in [0, 0.05) is 10.6 Å². The number of hydrogen-bond acceptors (Lipinski definition) is 2. The van der Waals surface area contributed by atoms with Gasteiger partial charge in [0.25, 0.3) is 0 Å². The number of hydrogen-bond donors (Lipinski definition) is 0. The van der Waals surface area contributed by atoms with Crippen molar-refractivity contribution in [3.63, 3.8) is 0 Å². The standard InChI is InChI=1S/C11H13ClO2/c1-2-3-8-4-10(12)5-9-6-13-7-14-11(8)9/h4-5H,2-3,6-7H2,1H3. The molecule has 1 aliphatic rings. The summed E-state index contributed by atoms with van der Waals surface area (Å²) in [5.74, 6) is 0.975. The second kappa shape index (κ2) is 4.20. The van der Waals surface area contributed by atoms with Gasteiger partial charge in [0.1, 0.15) is 5.75 Å². The Labute approximate surface area is 88.8 Å². The monoisotopic (exact) mass is 212 g/mol. The van der Waals surface area contributed by atoms with Gasteiger partial charge in [-0.25, -0.2) is 0 Å². The van der Waals surface area contributed by atoms with Gasteiger partial charge in [-0.15, -0.1) is 0 Å². The summed E-state index contributed by atoms with van der Waals surface area (Å²) in [6, 6.07) is 3.89. The molecule has 0 saturated heterocycles. The Hall–Kier alpha value is -0.730. The summed E-state index contributed by atoms with van der Waals surface area (Å²) in [4.78, 5) is 0. The Morgan fingerprint density at radius 2 is 2.29 bits per heavy atom. The van der Waals surface area contributed by atoms with Gasteiger partial charge in [-0.3, -0.25) is 0 Å². The molecular weight excluding hydrogens is 200 g/mol. The van der Waals surface area contributed by atoms with E-state index in [9.17, 15) is 0 Å². The molecule has 3 heteroatoms. The average molecular weight is 213 g/mol. The van der Waals surface area contributed by atoms with Gasteiger partial charge in [-0.2, -0.15) is 0 Å². The van der Waals surface area contributed by atoms with Crippen molar-refractivity contribution in [1.29, 1.82) is 0 Å². The number of benzene rings is 1. The lowest BCUT2D eigenvalue weighted by atomic mass is 10.0. The van der Waals surface area contributed by atoms with Gasteiger partial charge in [0.05, 0.1) is 6.61 Å². The third-order valence-electron chi connectivity index (χ3n) is 2.27. The first-order valence-corrected chi connectivity index (χ1v) is 5.21. The Morgan fingerprint density at radius 1 is 1.43 bits per heavy atom. The summed E-state index contributed by atoms with van der Waals surface area (Å²) in [6.07, 6.45) is 2.10. The molecule has 0 unspecified atom stereocenters.